The number of benzene rings is 2. The van der Waals surface area contributed by atoms with Crippen LogP contribution in [0.2, 0.25) is 0 Å². The SMILES string of the molecule is O=[N+]([O-])c1ccc(OP(=O)(O)Oc2ccccc2[N+](=O)[O-])cc1. The van der Waals surface area contributed by atoms with Gasteiger partial charge in [0.2, 0.25) is 5.75 Å². The summed E-state index contributed by atoms with van der Waals surface area (Å²) in [6, 6.07) is 9.33. The highest BCUT2D eigenvalue weighted by atomic mass is 31.2. The molecule has 2 rings (SSSR count). The minimum Gasteiger partial charge on any atom is -0.395 e. The Morgan fingerprint density at radius 3 is 2.09 bits per heavy atom. The first kappa shape index (κ1) is 16.4. The fraction of sp³-hybridized carbons (Fsp3) is 0. The predicted molar refractivity (Wildman–Crippen MR) is 77.3 cm³/mol. The summed E-state index contributed by atoms with van der Waals surface area (Å²) in [6.45, 7) is 0. The molecule has 0 amide bonds. The van der Waals surface area contributed by atoms with Gasteiger partial charge in [-0.1, -0.05) is 12.1 Å². The Morgan fingerprint density at radius 1 is 0.913 bits per heavy atom. The first-order valence-corrected chi connectivity index (χ1v) is 7.48. The van der Waals surface area contributed by atoms with E-state index in [2.05, 4.69) is 4.52 Å². The first-order valence-electron chi connectivity index (χ1n) is 5.98. The van der Waals surface area contributed by atoms with Crippen LogP contribution in [0.25, 0.3) is 0 Å². The zero-order valence-electron chi connectivity index (χ0n) is 11.3. The second-order valence-electron chi connectivity index (χ2n) is 4.13. The number of phosphoric ester groups is 1. The fourth-order valence-electron chi connectivity index (χ4n) is 1.59. The zero-order chi connectivity index (χ0) is 17.0. The number of hydrogen-bond acceptors (Lipinski definition) is 7. The van der Waals surface area contributed by atoms with E-state index in [0.717, 1.165) is 36.4 Å². The van der Waals surface area contributed by atoms with Crippen molar-refractivity contribution in [3.8, 4) is 11.5 Å². The van der Waals surface area contributed by atoms with E-state index in [1.807, 2.05) is 0 Å². The number of nitro benzene ring substituents is 2. The zero-order valence-corrected chi connectivity index (χ0v) is 12.2. The molecule has 0 aliphatic heterocycles. The highest BCUT2D eigenvalue weighted by Gasteiger charge is 2.29. The molecule has 0 heterocycles. The van der Waals surface area contributed by atoms with Gasteiger partial charge in [0.15, 0.2) is 0 Å². The number of phosphoric acid groups is 1. The van der Waals surface area contributed by atoms with Crippen molar-refractivity contribution in [2.45, 2.75) is 0 Å². The van der Waals surface area contributed by atoms with E-state index in [4.69, 9.17) is 4.52 Å². The third-order valence-corrected chi connectivity index (χ3v) is 3.41. The molecule has 0 bridgehead atoms. The average molecular weight is 340 g/mol. The summed E-state index contributed by atoms with van der Waals surface area (Å²) in [7, 11) is -4.72. The molecule has 0 fully saturated rings. The van der Waals surface area contributed by atoms with Gasteiger partial charge in [-0.05, 0) is 18.2 Å². The standard InChI is InChI=1S/C12H9N2O8P/c15-13(16)9-5-7-10(8-6-9)21-23(19,20)22-12-4-2-1-3-11(12)14(17)18/h1-8H,(H,19,20). The molecule has 11 heteroatoms. The van der Waals surface area contributed by atoms with Crippen LogP contribution < -0.4 is 9.05 Å². The summed E-state index contributed by atoms with van der Waals surface area (Å²) < 4.78 is 21.3. The Bertz CT molecular complexity index is 792. The molecule has 23 heavy (non-hydrogen) atoms. The molecule has 0 saturated heterocycles. The lowest BCUT2D eigenvalue weighted by molar-refractivity contribution is -0.385. The number of nitro groups is 2. The molecule has 0 radical (unpaired) electrons. The molecule has 0 spiro atoms. The van der Waals surface area contributed by atoms with Gasteiger partial charge in [0, 0.05) is 18.2 Å². The quantitative estimate of drug-likeness (QED) is 0.480. The molecule has 0 aromatic heterocycles. The van der Waals surface area contributed by atoms with Crippen LogP contribution in [-0.2, 0) is 4.57 Å². The van der Waals surface area contributed by atoms with E-state index in [9.17, 15) is 29.7 Å². The van der Waals surface area contributed by atoms with E-state index in [1.54, 1.807) is 0 Å². The summed E-state index contributed by atoms with van der Waals surface area (Å²) in [6.07, 6.45) is 0. The monoisotopic (exact) mass is 340 g/mol. The smallest absolute Gasteiger partial charge is 0.395 e. The lowest BCUT2D eigenvalue weighted by Crippen LogP contribution is -2.02. The Labute approximate surface area is 128 Å². The number of rotatable bonds is 6. The number of para-hydroxylation sites is 2. The second kappa shape index (κ2) is 6.42. The first-order chi connectivity index (χ1) is 10.8. The molecule has 1 unspecified atom stereocenters. The Hall–Kier alpha value is -2.97. The van der Waals surface area contributed by atoms with Gasteiger partial charge in [0.05, 0.1) is 9.85 Å². The Balaban J connectivity index is 2.18. The minimum atomic E-state index is -4.72. The molecule has 0 aliphatic rings. The van der Waals surface area contributed by atoms with Gasteiger partial charge >= 0.3 is 13.5 Å². The third-order valence-electron chi connectivity index (χ3n) is 2.54. The normalized spacial score (nSPS) is 12.9. The molecule has 10 nitrogen and oxygen atoms in total. The Morgan fingerprint density at radius 2 is 1.52 bits per heavy atom. The van der Waals surface area contributed by atoms with Crippen molar-refractivity contribution < 1.29 is 28.4 Å². The molecule has 2 aromatic rings. The van der Waals surface area contributed by atoms with Crippen LogP contribution in [0.3, 0.4) is 0 Å². The van der Waals surface area contributed by atoms with Crippen LogP contribution in [0.5, 0.6) is 11.5 Å². The van der Waals surface area contributed by atoms with E-state index >= 15 is 0 Å². The summed E-state index contributed by atoms with van der Waals surface area (Å²) in [4.78, 5) is 29.6. The molecule has 120 valence electrons. The summed E-state index contributed by atoms with van der Waals surface area (Å²) in [5.74, 6) is -0.606. The number of hydrogen-bond donors (Lipinski definition) is 1. The van der Waals surface area contributed by atoms with Crippen LogP contribution in [0.4, 0.5) is 11.4 Å². The molecule has 2 aromatic carbocycles. The van der Waals surface area contributed by atoms with Gasteiger partial charge in [-0.25, -0.2) is 4.57 Å². The van der Waals surface area contributed by atoms with Gasteiger partial charge in [-0.2, -0.15) is 0 Å². The molecule has 0 saturated carbocycles. The lowest BCUT2D eigenvalue weighted by atomic mass is 10.3. The highest BCUT2D eigenvalue weighted by Crippen LogP contribution is 2.46. The van der Waals surface area contributed by atoms with Crippen molar-refractivity contribution in [3.05, 3.63) is 68.8 Å². The molecule has 0 aliphatic carbocycles. The maximum absolute atomic E-state index is 11.9. The summed E-state index contributed by atoms with van der Waals surface area (Å²) in [5, 5.41) is 21.3. The van der Waals surface area contributed by atoms with Crippen molar-refractivity contribution in [1.82, 2.24) is 0 Å². The van der Waals surface area contributed by atoms with Crippen LogP contribution in [0.1, 0.15) is 0 Å². The van der Waals surface area contributed by atoms with Crippen LogP contribution in [-0.4, -0.2) is 14.7 Å². The third kappa shape index (κ3) is 4.25. The van der Waals surface area contributed by atoms with E-state index in [-0.39, 0.29) is 11.4 Å². The average Bonchev–Trinajstić information content (AvgIpc) is 2.47. The van der Waals surface area contributed by atoms with E-state index < -0.39 is 29.1 Å². The second-order valence-corrected chi connectivity index (χ2v) is 5.43. The highest BCUT2D eigenvalue weighted by molar-refractivity contribution is 7.48. The predicted octanol–water partition coefficient (Wildman–Crippen LogP) is 3.06. The largest absolute Gasteiger partial charge is 0.585 e. The van der Waals surface area contributed by atoms with Gasteiger partial charge in [0.25, 0.3) is 5.69 Å². The van der Waals surface area contributed by atoms with E-state index in [0.29, 0.717) is 0 Å². The van der Waals surface area contributed by atoms with Crippen LogP contribution in [0.15, 0.2) is 48.5 Å². The number of nitrogens with zero attached hydrogens (tertiary/aromatic N) is 2. The van der Waals surface area contributed by atoms with Gasteiger partial charge in [-0.15, -0.1) is 0 Å². The Kier molecular flexibility index (Phi) is 4.58. The fourth-order valence-corrected chi connectivity index (χ4v) is 2.42. The summed E-state index contributed by atoms with van der Waals surface area (Å²) in [5.41, 5.74) is -0.737. The van der Waals surface area contributed by atoms with Crippen LogP contribution >= 0.6 is 7.82 Å². The van der Waals surface area contributed by atoms with Crippen molar-refractivity contribution in [2.75, 3.05) is 0 Å². The number of non-ortho nitro benzene ring substituents is 1. The van der Waals surface area contributed by atoms with Gasteiger partial charge < -0.3 is 9.05 Å². The van der Waals surface area contributed by atoms with Crippen molar-refractivity contribution in [2.24, 2.45) is 0 Å². The van der Waals surface area contributed by atoms with Crippen molar-refractivity contribution in [1.29, 1.82) is 0 Å². The topological polar surface area (TPSA) is 142 Å². The summed E-state index contributed by atoms with van der Waals surface area (Å²) >= 11 is 0. The lowest BCUT2D eigenvalue weighted by Gasteiger charge is -2.13. The molecule has 1 atom stereocenters. The van der Waals surface area contributed by atoms with Gasteiger partial charge in [0.1, 0.15) is 5.75 Å². The molecular formula is C12H9N2O8P. The maximum Gasteiger partial charge on any atom is 0.585 e. The van der Waals surface area contributed by atoms with Crippen molar-refractivity contribution >= 4 is 19.2 Å². The van der Waals surface area contributed by atoms with Crippen molar-refractivity contribution in [3.63, 3.8) is 0 Å². The van der Waals surface area contributed by atoms with Crippen LogP contribution in [0, 0.1) is 20.2 Å². The maximum atomic E-state index is 11.9. The van der Waals surface area contributed by atoms with E-state index in [1.165, 1.54) is 12.1 Å². The minimum absolute atomic E-state index is 0.167. The molecule has 1 N–H and O–H groups in total. The van der Waals surface area contributed by atoms with Gasteiger partial charge in [-0.3, -0.25) is 25.1 Å². The molecular weight excluding hydrogens is 331 g/mol.